The lowest BCUT2D eigenvalue weighted by Crippen LogP contribution is -2.30. The molecule has 1 atom stereocenters. The molecule has 1 aromatic carbocycles. The molecular formula is C19H25N5O2. The highest BCUT2D eigenvalue weighted by atomic mass is 16.5. The number of nitrogens with zero attached hydrogens (tertiary/aromatic N) is 3. The van der Waals surface area contributed by atoms with Crippen LogP contribution in [0.1, 0.15) is 31.7 Å². The van der Waals surface area contributed by atoms with E-state index < -0.39 is 0 Å². The Kier molecular flexibility index (Phi) is 4.90. The highest BCUT2D eigenvalue weighted by Crippen LogP contribution is 2.40. The summed E-state index contributed by atoms with van der Waals surface area (Å²) in [7, 11) is 0. The number of para-hydroxylation sites is 2. The number of benzene rings is 1. The van der Waals surface area contributed by atoms with Crippen LogP contribution < -0.4 is 21.5 Å². The van der Waals surface area contributed by atoms with Crippen LogP contribution in [0.2, 0.25) is 0 Å². The average Bonchev–Trinajstić information content (AvgIpc) is 2.90. The Bertz CT molecular complexity index is 835. The van der Waals surface area contributed by atoms with Crippen molar-refractivity contribution in [2.45, 2.75) is 31.7 Å². The molecule has 0 spiro atoms. The molecule has 2 aliphatic rings. The minimum atomic E-state index is -0.223. The summed E-state index contributed by atoms with van der Waals surface area (Å²) in [6.45, 7) is 3.80. The molecule has 0 bridgehead atoms. The third-order valence-electron chi connectivity index (χ3n) is 5.14. The van der Waals surface area contributed by atoms with Crippen molar-refractivity contribution >= 4 is 11.5 Å². The van der Waals surface area contributed by atoms with Crippen molar-refractivity contribution in [3.8, 4) is 11.5 Å². The van der Waals surface area contributed by atoms with Gasteiger partial charge in [-0.2, -0.15) is 4.98 Å². The number of rotatable bonds is 4. The molecule has 1 unspecified atom stereocenters. The van der Waals surface area contributed by atoms with Gasteiger partial charge in [0.2, 0.25) is 0 Å². The maximum absolute atomic E-state index is 12.6. The Hall–Kier alpha value is -2.38. The van der Waals surface area contributed by atoms with Crippen LogP contribution in [0.3, 0.4) is 0 Å². The molecular weight excluding hydrogens is 330 g/mol. The van der Waals surface area contributed by atoms with E-state index in [9.17, 15) is 4.79 Å². The monoisotopic (exact) mass is 355 g/mol. The van der Waals surface area contributed by atoms with E-state index in [1.54, 1.807) is 4.57 Å². The molecule has 1 saturated heterocycles. The van der Waals surface area contributed by atoms with E-state index in [1.165, 1.54) is 0 Å². The SMILES string of the molecule is NCCCN1CCCC(n2cc3c(nc2=O)Nc2ccccc2O3)CC1. The number of fused-ring (bicyclic) bond motifs is 2. The first kappa shape index (κ1) is 17.1. The zero-order valence-corrected chi connectivity index (χ0v) is 14.9. The summed E-state index contributed by atoms with van der Waals surface area (Å²) in [6, 6.07) is 7.82. The first-order chi connectivity index (χ1) is 12.7. The molecule has 2 aromatic rings. The zero-order chi connectivity index (χ0) is 17.9. The second-order valence-corrected chi connectivity index (χ2v) is 6.94. The average molecular weight is 355 g/mol. The molecule has 0 aliphatic carbocycles. The number of hydrogen-bond donors (Lipinski definition) is 2. The Balaban J connectivity index is 1.54. The topological polar surface area (TPSA) is 85.4 Å². The molecule has 0 radical (unpaired) electrons. The maximum atomic E-state index is 12.6. The van der Waals surface area contributed by atoms with Gasteiger partial charge in [-0.25, -0.2) is 4.79 Å². The minimum Gasteiger partial charge on any atom is -0.450 e. The zero-order valence-electron chi connectivity index (χ0n) is 14.9. The van der Waals surface area contributed by atoms with Crippen LogP contribution >= 0.6 is 0 Å². The summed E-state index contributed by atoms with van der Waals surface area (Å²) in [5.74, 6) is 1.84. The van der Waals surface area contributed by atoms with Gasteiger partial charge in [0, 0.05) is 12.6 Å². The van der Waals surface area contributed by atoms with E-state index >= 15 is 0 Å². The molecule has 1 aromatic heterocycles. The molecule has 138 valence electrons. The molecule has 7 nitrogen and oxygen atoms in total. The predicted octanol–water partition coefficient (Wildman–Crippen LogP) is 2.47. The summed E-state index contributed by atoms with van der Waals surface area (Å²) in [4.78, 5) is 19.3. The van der Waals surface area contributed by atoms with Crippen molar-refractivity contribution in [3.63, 3.8) is 0 Å². The normalized spacial score (nSPS) is 19.7. The van der Waals surface area contributed by atoms with Gasteiger partial charge in [-0.3, -0.25) is 4.57 Å². The van der Waals surface area contributed by atoms with Gasteiger partial charge in [-0.1, -0.05) is 12.1 Å². The smallest absolute Gasteiger partial charge is 0.350 e. The van der Waals surface area contributed by atoms with E-state index in [2.05, 4.69) is 15.2 Å². The van der Waals surface area contributed by atoms with Crippen LogP contribution in [0.4, 0.5) is 11.5 Å². The molecule has 4 rings (SSSR count). The van der Waals surface area contributed by atoms with E-state index in [-0.39, 0.29) is 11.7 Å². The Morgan fingerprint density at radius 2 is 2.12 bits per heavy atom. The maximum Gasteiger partial charge on any atom is 0.350 e. The Morgan fingerprint density at radius 3 is 3.00 bits per heavy atom. The molecule has 2 aliphatic heterocycles. The van der Waals surface area contributed by atoms with E-state index in [0.717, 1.165) is 63.3 Å². The first-order valence-corrected chi connectivity index (χ1v) is 9.34. The van der Waals surface area contributed by atoms with Gasteiger partial charge in [-0.15, -0.1) is 0 Å². The van der Waals surface area contributed by atoms with Gasteiger partial charge in [0.05, 0.1) is 11.9 Å². The number of nitrogens with two attached hydrogens (primary N) is 1. The number of nitrogens with one attached hydrogen (secondary N) is 1. The van der Waals surface area contributed by atoms with Crippen LogP contribution in [0, 0.1) is 0 Å². The van der Waals surface area contributed by atoms with E-state index in [1.807, 2.05) is 30.5 Å². The minimum absolute atomic E-state index is 0.156. The molecule has 3 N–H and O–H groups in total. The summed E-state index contributed by atoms with van der Waals surface area (Å²) >= 11 is 0. The fourth-order valence-electron chi connectivity index (χ4n) is 3.74. The van der Waals surface area contributed by atoms with Crippen molar-refractivity contribution in [2.75, 3.05) is 31.5 Å². The van der Waals surface area contributed by atoms with Crippen LogP contribution in [-0.4, -0.2) is 40.6 Å². The second kappa shape index (κ2) is 7.47. The van der Waals surface area contributed by atoms with Gasteiger partial charge in [-0.05, 0) is 57.5 Å². The van der Waals surface area contributed by atoms with Crippen molar-refractivity contribution in [3.05, 3.63) is 40.9 Å². The van der Waals surface area contributed by atoms with Gasteiger partial charge in [0.15, 0.2) is 17.3 Å². The van der Waals surface area contributed by atoms with E-state index in [0.29, 0.717) is 11.6 Å². The lowest BCUT2D eigenvalue weighted by atomic mass is 10.1. The van der Waals surface area contributed by atoms with Gasteiger partial charge < -0.3 is 20.7 Å². The molecule has 1 fully saturated rings. The lowest BCUT2D eigenvalue weighted by molar-refractivity contribution is 0.278. The predicted molar refractivity (Wildman–Crippen MR) is 101 cm³/mol. The van der Waals surface area contributed by atoms with Crippen molar-refractivity contribution in [1.82, 2.24) is 14.5 Å². The highest BCUT2D eigenvalue weighted by molar-refractivity contribution is 5.72. The fraction of sp³-hybridized carbons (Fsp3) is 0.474. The second-order valence-electron chi connectivity index (χ2n) is 6.94. The fourth-order valence-corrected chi connectivity index (χ4v) is 3.74. The number of hydrogen-bond acceptors (Lipinski definition) is 6. The van der Waals surface area contributed by atoms with E-state index in [4.69, 9.17) is 10.5 Å². The van der Waals surface area contributed by atoms with Crippen molar-refractivity contribution in [1.29, 1.82) is 0 Å². The number of aromatic nitrogens is 2. The standard InChI is InChI=1S/C19H25N5O2/c20-9-4-11-23-10-3-5-14(8-12-23)24-13-17-18(22-19(24)25)21-15-6-1-2-7-16(15)26-17/h1-2,6-7,13-14H,3-5,8-12,20H2,(H,21,22,25). The lowest BCUT2D eigenvalue weighted by Gasteiger charge is -2.24. The van der Waals surface area contributed by atoms with Gasteiger partial charge >= 0.3 is 5.69 Å². The number of likely N-dealkylation sites (tertiary alicyclic amines) is 1. The van der Waals surface area contributed by atoms with Crippen LogP contribution in [-0.2, 0) is 0 Å². The van der Waals surface area contributed by atoms with Crippen LogP contribution in [0.15, 0.2) is 35.3 Å². The molecule has 0 saturated carbocycles. The van der Waals surface area contributed by atoms with Crippen LogP contribution in [0.5, 0.6) is 11.5 Å². The molecule has 7 heteroatoms. The molecule has 26 heavy (non-hydrogen) atoms. The van der Waals surface area contributed by atoms with Gasteiger partial charge in [0.1, 0.15) is 0 Å². The van der Waals surface area contributed by atoms with Crippen molar-refractivity contribution < 1.29 is 4.74 Å². The largest absolute Gasteiger partial charge is 0.450 e. The summed E-state index contributed by atoms with van der Waals surface area (Å²) < 4.78 is 7.71. The van der Waals surface area contributed by atoms with Crippen LogP contribution in [0.25, 0.3) is 0 Å². The van der Waals surface area contributed by atoms with Gasteiger partial charge in [0.25, 0.3) is 0 Å². The van der Waals surface area contributed by atoms with Crippen molar-refractivity contribution in [2.24, 2.45) is 5.73 Å². The summed E-state index contributed by atoms with van der Waals surface area (Å²) in [5.41, 5.74) is 6.23. The third kappa shape index (κ3) is 3.45. The number of ether oxygens (including phenoxy) is 1. The highest BCUT2D eigenvalue weighted by Gasteiger charge is 2.23. The third-order valence-corrected chi connectivity index (χ3v) is 5.14. The summed E-state index contributed by atoms with van der Waals surface area (Å²) in [5, 5.41) is 3.18. The number of anilines is 2. The molecule has 3 heterocycles. The Labute approximate surface area is 152 Å². The first-order valence-electron chi connectivity index (χ1n) is 9.34. The Morgan fingerprint density at radius 1 is 1.23 bits per heavy atom. The molecule has 0 amide bonds. The quantitative estimate of drug-likeness (QED) is 0.748. The summed E-state index contributed by atoms with van der Waals surface area (Å²) in [6.07, 6.45) is 5.82.